The molecule has 1 aromatic carbocycles. The second-order valence-corrected chi connectivity index (χ2v) is 4.03. The second kappa shape index (κ2) is 6.18. The molecule has 1 heteroatoms. The fourth-order valence-corrected chi connectivity index (χ4v) is 1.61. The summed E-state index contributed by atoms with van der Waals surface area (Å²) in [6.45, 7) is 4.00. The number of benzene rings is 1. The van der Waals surface area contributed by atoms with Crippen molar-refractivity contribution in [2.75, 3.05) is 0 Å². The van der Waals surface area contributed by atoms with E-state index in [1.807, 2.05) is 19.1 Å². The Morgan fingerprint density at radius 1 is 1.33 bits per heavy atom. The van der Waals surface area contributed by atoms with E-state index in [2.05, 4.69) is 31.2 Å². The highest BCUT2D eigenvalue weighted by molar-refractivity contribution is 5.72. The first-order valence-corrected chi connectivity index (χ1v) is 5.40. The summed E-state index contributed by atoms with van der Waals surface area (Å²) in [7, 11) is 0. The smallest absolute Gasteiger partial charge is 0.145 e. The summed E-state index contributed by atoms with van der Waals surface area (Å²) in [5, 5.41) is 0. The van der Waals surface area contributed by atoms with Crippen molar-refractivity contribution in [1.82, 2.24) is 0 Å². The Labute approximate surface area is 91.8 Å². The fraction of sp³-hybridized carbons (Fsp3) is 0.357. The number of aldehydes is 1. The third-order valence-electron chi connectivity index (χ3n) is 2.46. The minimum atomic E-state index is 0.468. The van der Waals surface area contributed by atoms with Crippen molar-refractivity contribution in [3.8, 4) is 0 Å². The van der Waals surface area contributed by atoms with Crippen LogP contribution in [-0.4, -0.2) is 6.29 Å². The van der Waals surface area contributed by atoms with Crippen LogP contribution in [0.2, 0.25) is 0 Å². The van der Waals surface area contributed by atoms with Gasteiger partial charge >= 0.3 is 0 Å². The molecule has 0 aromatic heterocycles. The van der Waals surface area contributed by atoms with Gasteiger partial charge in [-0.05, 0) is 36.8 Å². The molecular formula is C14H18O. The minimum absolute atomic E-state index is 0.468. The molecule has 0 N–H and O–H groups in total. The van der Waals surface area contributed by atoms with Crippen molar-refractivity contribution in [3.63, 3.8) is 0 Å². The Balaban J connectivity index is 2.41. The van der Waals surface area contributed by atoms with Crippen molar-refractivity contribution in [1.29, 1.82) is 0 Å². The van der Waals surface area contributed by atoms with Gasteiger partial charge in [-0.1, -0.05) is 43.3 Å². The van der Waals surface area contributed by atoms with Crippen LogP contribution in [0, 0.1) is 5.92 Å². The fourth-order valence-electron chi connectivity index (χ4n) is 1.61. The number of hydrogen-bond donors (Lipinski definition) is 0. The van der Waals surface area contributed by atoms with E-state index < -0.39 is 0 Å². The zero-order chi connectivity index (χ0) is 11.1. The molecule has 0 aliphatic heterocycles. The molecule has 0 radical (unpaired) electrons. The average Bonchev–Trinajstić information content (AvgIpc) is 2.27. The van der Waals surface area contributed by atoms with Gasteiger partial charge < -0.3 is 0 Å². The molecule has 0 amide bonds. The van der Waals surface area contributed by atoms with Crippen LogP contribution < -0.4 is 0 Å². The van der Waals surface area contributed by atoms with Crippen LogP contribution in [0.25, 0.3) is 0 Å². The van der Waals surface area contributed by atoms with Crippen LogP contribution in [0.1, 0.15) is 25.8 Å². The van der Waals surface area contributed by atoms with Crippen molar-refractivity contribution < 1.29 is 4.79 Å². The Morgan fingerprint density at radius 2 is 2.00 bits per heavy atom. The molecule has 0 heterocycles. The molecule has 0 aliphatic carbocycles. The van der Waals surface area contributed by atoms with Crippen LogP contribution in [-0.2, 0) is 11.2 Å². The average molecular weight is 202 g/mol. The molecule has 80 valence electrons. The predicted octanol–water partition coefficient (Wildman–Crippen LogP) is 3.40. The molecule has 0 saturated carbocycles. The molecule has 15 heavy (non-hydrogen) atoms. The number of allylic oxidation sites excluding steroid dienone is 2. The Hall–Kier alpha value is -1.37. The maximum Gasteiger partial charge on any atom is 0.145 e. The van der Waals surface area contributed by atoms with Gasteiger partial charge in [0.05, 0.1) is 0 Å². The van der Waals surface area contributed by atoms with Crippen LogP contribution >= 0.6 is 0 Å². The zero-order valence-corrected chi connectivity index (χ0v) is 9.44. The standard InChI is InChI=1S/C14H18O/c1-12(10-13(2)11-15)8-9-14-6-4-3-5-7-14/h3-7,10-12H,8-9H2,1-2H3/t12-/m0/s1. The van der Waals surface area contributed by atoms with E-state index >= 15 is 0 Å². The van der Waals surface area contributed by atoms with Gasteiger partial charge in [0.2, 0.25) is 0 Å². The highest BCUT2D eigenvalue weighted by Crippen LogP contribution is 2.11. The first-order valence-electron chi connectivity index (χ1n) is 5.40. The first kappa shape index (κ1) is 11.7. The first-order chi connectivity index (χ1) is 7.22. The number of hydrogen-bond acceptors (Lipinski definition) is 1. The summed E-state index contributed by atoms with van der Waals surface area (Å²) in [5.41, 5.74) is 2.19. The maximum atomic E-state index is 10.4. The molecule has 1 rings (SSSR count). The predicted molar refractivity (Wildman–Crippen MR) is 63.7 cm³/mol. The second-order valence-electron chi connectivity index (χ2n) is 4.03. The summed E-state index contributed by atoms with van der Waals surface area (Å²) < 4.78 is 0. The van der Waals surface area contributed by atoms with Gasteiger partial charge in [0.25, 0.3) is 0 Å². The van der Waals surface area contributed by atoms with E-state index in [-0.39, 0.29) is 0 Å². The number of carbonyl (C=O) groups is 1. The molecule has 0 saturated heterocycles. The van der Waals surface area contributed by atoms with Gasteiger partial charge in [0.15, 0.2) is 0 Å². The lowest BCUT2D eigenvalue weighted by molar-refractivity contribution is -0.104. The van der Waals surface area contributed by atoms with Crippen LogP contribution in [0.4, 0.5) is 0 Å². The third-order valence-corrected chi connectivity index (χ3v) is 2.46. The Morgan fingerprint density at radius 3 is 2.60 bits per heavy atom. The lowest BCUT2D eigenvalue weighted by atomic mass is 9.99. The van der Waals surface area contributed by atoms with Crippen molar-refractivity contribution in [2.24, 2.45) is 5.92 Å². The lowest BCUT2D eigenvalue weighted by Gasteiger charge is -2.06. The molecule has 0 spiro atoms. The molecular weight excluding hydrogens is 184 g/mol. The molecule has 1 atom stereocenters. The molecule has 0 aliphatic rings. The number of rotatable bonds is 5. The van der Waals surface area contributed by atoms with Crippen molar-refractivity contribution >= 4 is 6.29 Å². The molecule has 0 bridgehead atoms. The zero-order valence-electron chi connectivity index (χ0n) is 9.44. The SMILES string of the molecule is CC(C=O)=C[C@@H](C)CCc1ccccc1. The van der Waals surface area contributed by atoms with Gasteiger partial charge in [0, 0.05) is 0 Å². The van der Waals surface area contributed by atoms with Crippen LogP contribution in [0.5, 0.6) is 0 Å². The molecule has 1 nitrogen and oxygen atoms in total. The third kappa shape index (κ3) is 4.59. The topological polar surface area (TPSA) is 17.1 Å². The summed E-state index contributed by atoms with van der Waals surface area (Å²) in [4.78, 5) is 10.4. The lowest BCUT2D eigenvalue weighted by Crippen LogP contribution is -1.95. The Bertz CT molecular complexity index is 324. The summed E-state index contributed by atoms with van der Waals surface area (Å²) in [6, 6.07) is 10.4. The Kier molecular flexibility index (Phi) is 4.82. The van der Waals surface area contributed by atoms with Gasteiger partial charge in [-0.15, -0.1) is 0 Å². The number of carbonyl (C=O) groups excluding carboxylic acids is 1. The van der Waals surface area contributed by atoms with Crippen LogP contribution in [0.15, 0.2) is 42.0 Å². The summed E-state index contributed by atoms with van der Waals surface area (Å²) >= 11 is 0. The highest BCUT2D eigenvalue weighted by atomic mass is 16.1. The van der Waals surface area contributed by atoms with Crippen molar-refractivity contribution in [3.05, 3.63) is 47.5 Å². The molecule has 0 unspecified atom stereocenters. The monoisotopic (exact) mass is 202 g/mol. The molecule has 0 fully saturated rings. The van der Waals surface area contributed by atoms with E-state index in [1.54, 1.807) is 0 Å². The maximum absolute atomic E-state index is 10.4. The van der Waals surface area contributed by atoms with E-state index in [0.717, 1.165) is 24.7 Å². The van der Waals surface area contributed by atoms with Gasteiger partial charge in [-0.25, -0.2) is 0 Å². The largest absolute Gasteiger partial charge is 0.298 e. The van der Waals surface area contributed by atoms with Gasteiger partial charge in [-0.2, -0.15) is 0 Å². The normalized spacial score (nSPS) is 13.6. The minimum Gasteiger partial charge on any atom is -0.298 e. The van der Waals surface area contributed by atoms with E-state index in [1.165, 1.54) is 5.56 Å². The van der Waals surface area contributed by atoms with E-state index in [4.69, 9.17) is 0 Å². The molecule has 1 aromatic rings. The van der Waals surface area contributed by atoms with Crippen LogP contribution in [0.3, 0.4) is 0 Å². The van der Waals surface area contributed by atoms with Gasteiger partial charge in [0.1, 0.15) is 6.29 Å². The van der Waals surface area contributed by atoms with Gasteiger partial charge in [-0.3, -0.25) is 4.79 Å². The highest BCUT2D eigenvalue weighted by Gasteiger charge is 1.99. The number of aryl methyl sites for hydroxylation is 1. The summed E-state index contributed by atoms with van der Waals surface area (Å²) in [6.07, 6.45) is 5.12. The van der Waals surface area contributed by atoms with E-state index in [0.29, 0.717) is 5.92 Å². The van der Waals surface area contributed by atoms with Crippen molar-refractivity contribution in [2.45, 2.75) is 26.7 Å². The summed E-state index contributed by atoms with van der Waals surface area (Å²) in [5.74, 6) is 0.468. The quantitative estimate of drug-likeness (QED) is 0.528. The van der Waals surface area contributed by atoms with E-state index in [9.17, 15) is 4.79 Å².